The van der Waals surface area contributed by atoms with E-state index in [1.807, 2.05) is 13.8 Å². The Morgan fingerprint density at radius 3 is 2.14 bits per heavy atom. The van der Waals surface area contributed by atoms with E-state index in [9.17, 15) is 4.79 Å². The number of rotatable bonds is 4. The van der Waals surface area contributed by atoms with Gasteiger partial charge in [-0.25, -0.2) is 4.98 Å². The summed E-state index contributed by atoms with van der Waals surface area (Å²) in [6.07, 6.45) is 2.12. The fourth-order valence-corrected chi connectivity index (χ4v) is 2.57. The van der Waals surface area contributed by atoms with Gasteiger partial charge in [0.15, 0.2) is 0 Å². The van der Waals surface area contributed by atoms with E-state index in [-0.39, 0.29) is 5.91 Å². The van der Waals surface area contributed by atoms with E-state index < -0.39 is 0 Å². The van der Waals surface area contributed by atoms with Gasteiger partial charge in [0.25, 0.3) is 5.91 Å². The smallest absolute Gasteiger partial charge is 0.251 e. The SMILES string of the molecule is Cc1c(C)c(C)c(C(=O)NCCc2ncn[nH]2)c(C)c1C. The highest BCUT2D eigenvalue weighted by molar-refractivity contribution is 5.98. The fraction of sp³-hybridized carbons (Fsp3) is 0.438. The molecule has 2 aromatic rings. The molecule has 1 aromatic heterocycles. The third-order valence-corrected chi connectivity index (χ3v) is 4.34. The molecule has 0 aliphatic heterocycles. The molecule has 0 aliphatic rings. The van der Waals surface area contributed by atoms with Gasteiger partial charge in [-0.2, -0.15) is 5.10 Å². The van der Waals surface area contributed by atoms with Crippen molar-refractivity contribution in [1.29, 1.82) is 0 Å². The van der Waals surface area contributed by atoms with Crippen molar-refractivity contribution in [2.75, 3.05) is 6.54 Å². The van der Waals surface area contributed by atoms with Crippen LogP contribution in [-0.4, -0.2) is 27.6 Å². The number of carbonyl (C=O) groups excluding carboxylic acids is 1. The molecule has 2 N–H and O–H groups in total. The molecular weight excluding hydrogens is 264 g/mol. The summed E-state index contributed by atoms with van der Waals surface area (Å²) in [6.45, 7) is 10.8. The largest absolute Gasteiger partial charge is 0.352 e. The summed E-state index contributed by atoms with van der Waals surface area (Å²) >= 11 is 0. The van der Waals surface area contributed by atoms with Crippen LogP contribution in [0.25, 0.3) is 0 Å². The van der Waals surface area contributed by atoms with Crippen LogP contribution in [-0.2, 0) is 6.42 Å². The Morgan fingerprint density at radius 1 is 1.05 bits per heavy atom. The van der Waals surface area contributed by atoms with E-state index >= 15 is 0 Å². The summed E-state index contributed by atoms with van der Waals surface area (Å²) in [6, 6.07) is 0. The molecule has 0 radical (unpaired) electrons. The van der Waals surface area contributed by atoms with Gasteiger partial charge >= 0.3 is 0 Å². The van der Waals surface area contributed by atoms with Gasteiger partial charge < -0.3 is 5.32 Å². The summed E-state index contributed by atoms with van der Waals surface area (Å²) in [5.74, 6) is 0.760. The minimum absolute atomic E-state index is 0.0179. The molecule has 1 aromatic carbocycles. The molecule has 21 heavy (non-hydrogen) atoms. The molecule has 0 atom stereocenters. The van der Waals surface area contributed by atoms with Crippen LogP contribution in [0.3, 0.4) is 0 Å². The Bertz CT molecular complexity index is 630. The first-order valence-electron chi connectivity index (χ1n) is 7.12. The van der Waals surface area contributed by atoms with Crippen LogP contribution in [0.5, 0.6) is 0 Å². The summed E-state index contributed by atoms with van der Waals surface area (Å²) in [5, 5.41) is 9.54. The number of amides is 1. The van der Waals surface area contributed by atoms with Crippen molar-refractivity contribution in [3.8, 4) is 0 Å². The number of nitrogens with one attached hydrogen (secondary N) is 2. The Balaban J connectivity index is 2.16. The van der Waals surface area contributed by atoms with Crippen molar-refractivity contribution in [2.24, 2.45) is 0 Å². The van der Waals surface area contributed by atoms with Gasteiger partial charge in [0.2, 0.25) is 0 Å². The van der Waals surface area contributed by atoms with E-state index in [0.717, 1.165) is 22.5 Å². The van der Waals surface area contributed by atoms with Crippen LogP contribution in [0.2, 0.25) is 0 Å². The number of carbonyl (C=O) groups is 1. The average Bonchev–Trinajstić information content (AvgIpc) is 2.96. The highest BCUT2D eigenvalue weighted by atomic mass is 16.1. The number of benzene rings is 1. The number of hydrogen-bond donors (Lipinski definition) is 2. The molecule has 112 valence electrons. The van der Waals surface area contributed by atoms with Gasteiger partial charge in [0.1, 0.15) is 12.2 Å². The van der Waals surface area contributed by atoms with E-state index in [1.54, 1.807) is 0 Å². The standard InChI is InChI=1S/C16H22N4O/c1-9-10(2)12(4)15(13(5)11(9)3)16(21)17-7-6-14-18-8-19-20-14/h8H,6-7H2,1-5H3,(H,17,21)(H,18,19,20). The van der Waals surface area contributed by atoms with Gasteiger partial charge in [0.05, 0.1) is 0 Å². The third-order valence-electron chi connectivity index (χ3n) is 4.34. The minimum atomic E-state index is -0.0179. The Morgan fingerprint density at radius 2 is 1.62 bits per heavy atom. The molecule has 1 amide bonds. The van der Waals surface area contributed by atoms with E-state index in [4.69, 9.17) is 0 Å². The summed E-state index contributed by atoms with van der Waals surface area (Å²) < 4.78 is 0. The Hall–Kier alpha value is -2.17. The second kappa shape index (κ2) is 6.08. The molecule has 0 unspecified atom stereocenters. The molecule has 0 bridgehead atoms. The van der Waals surface area contributed by atoms with Crippen LogP contribution >= 0.6 is 0 Å². The van der Waals surface area contributed by atoms with Gasteiger partial charge in [-0.3, -0.25) is 9.89 Å². The zero-order valence-corrected chi connectivity index (χ0v) is 13.3. The van der Waals surface area contributed by atoms with E-state index in [0.29, 0.717) is 13.0 Å². The van der Waals surface area contributed by atoms with Gasteiger partial charge in [-0.05, 0) is 62.4 Å². The summed E-state index contributed by atoms with van der Waals surface area (Å²) in [5.41, 5.74) is 6.58. The maximum absolute atomic E-state index is 12.5. The zero-order chi connectivity index (χ0) is 15.6. The topological polar surface area (TPSA) is 70.7 Å². The molecule has 0 saturated heterocycles. The molecular formula is C16H22N4O. The molecule has 0 fully saturated rings. The lowest BCUT2D eigenvalue weighted by Gasteiger charge is -2.18. The van der Waals surface area contributed by atoms with E-state index in [2.05, 4.69) is 41.3 Å². The van der Waals surface area contributed by atoms with Crippen molar-refractivity contribution in [2.45, 2.75) is 41.0 Å². The maximum Gasteiger partial charge on any atom is 0.251 e. The van der Waals surface area contributed by atoms with Crippen molar-refractivity contribution in [1.82, 2.24) is 20.5 Å². The lowest BCUT2D eigenvalue weighted by atomic mass is 9.89. The van der Waals surface area contributed by atoms with Gasteiger partial charge in [0, 0.05) is 18.5 Å². The number of aromatic amines is 1. The fourth-order valence-electron chi connectivity index (χ4n) is 2.57. The minimum Gasteiger partial charge on any atom is -0.352 e. The first-order valence-corrected chi connectivity index (χ1v) is 7.12. The van der Waals surface area contributed by atoms with Crippen LogP contribution in [0, 0.1) is 34.6 Å². The number of aromatic nitrogens is 3. The first kappa shape index (κ1) is 15.2. The van der Waals surface area contributed by atoms with Gasteiger partial charge in [-0.15, -0.1) is 0 Å². The molecule has 2 rings (SSSR count). The zero-order valence-electron chi connectivity index (χ0n) is 13.3. The molecule has 0 aliphatic carbocycles. The molecule has 1 heterocycles. The van der Waals surface area contributed by atoms with Crippen molar-refractivity contribution >= 4 is 5.91 Å². The van der Waals surface area contributed by atoms with Gasteiger partial charge in [-0.1, -0.05) is 0 Å². The molecule has 0 saturated carbocycles. The normalized spacial score (nSPS) is 10.7. The maximum atomic E-state index is 12.5. The average molecular weight is 286 g/mol. The highest BCUT2D eigenvalue weighted by Crippen LogP contribution is 2.25. The van der Waals surface area contributed by atoms with Crippen LogP contribution in [0.4, 0.5) is 0 Å². The monoisotopic (exact) mass is 286 g/mol. The Kier molecular flexibility index (Phi) is 4.40. The summed E-state index contributed by atoms with van der Waals surface area (Å²) in [4.78, 5) is 16.5. The first-order chi connectivity index (χ1) is 9.93. The summed E-state index contributed by atoms with van der Waals surface area (Å²) in [7, 11) is 0. The molecule has 5 heteroatoms. The van der Waals surface area contributed by atoms with Crippen LogP contribution < -0.4 is 5.32 Å². The lowest BCUT2D eigenvalue weighted by Crippen LogP contribution is -2.28. The second-order valence-electron chi connectivity index (χ2n) is 5.44. The number of nitrogens with zero attached hydrogens (tertiary/aromatic N) is 2. The number of H-pyrrole nitrogens is 1. The quantitative estimate of drug-likeness (QED) is 0.906. The second-order valence-corrected chi connectivity index (χ2v) is 5.44. The third kappa shape index (κ3) is 2.96. The van der Waals surface area contributed by atoms with Crippen LogP contribution in [0.1, 0.15) is 44.0 Å². The van der Waals surface area contributed by atoms with E-state index in [1.165, 1.54) is 23.0 Å². The molecule has 5 nitrogen and oxygen atoms in total. The van der Waals surface area contributed by atoms with Crippen LogP contribution in [0.15, 0.2) is 6.33 Å². The van der Waals surface area contributed by atoms with Crippen molar-refractivity contribution in [3.63, 3.8) is 0 Å². The Labute approximate surface area is 125 Å². The predicted molar refractivity (Wildman–Crippen MR) is 82.5 cm³/mol. The highest BCUT2D eigenvalue weighted by Gasteiger charge is 2.17. The lowest BCUT2D eigenvalue weighted by molar-refractivity contribution is 0.0952. The predicted octanol–water partition coefficient (Wildman–Crippen LogP) is 2.32. The van der Waals surface area contributed by atoms with Crippen molar-refractivity contribution < 1.29 is 4.79 Å². The molecule has 0 spiro atoms. The van der Waals surface area contributed by atoms with Crippen molar-refractivity contribution in [3.05, 3.63) is 45.5 Å². The number of hydrogen-bond acceptors (Lipinski definition) is 3.